The number of pyridine rings is 2. The zero-order valence-corrected chi connectivity index (χ0v) is 72.1. The number of nitrogens with one attached hydrogen (secondary N) is 5. The lowest BCUT2D eigenvalue weighted by atomic mass is 10.0. The second-order valence-corrected chi connectivity index (χ2v) is 30.2. The van der Waals surface area contributed by atoms with E-state index in [1.807, 2.05) is 67.4 Å². The first-order valence-corrected chi connectivity index (χ1v) is 43.2. The van der Waals surface area contributed by atoms with Gasteiger partial charge in [0.2, 0.25) is 11.8 Å². The molecule has 5 N–H and O–H groups in total. The number of likely N-dealkylation sites (tertiary alicyclic amines) is 2. The first-order chi connectivity index (χ1) is 60.9. The van der Waals surface area contributed by atoms with Crippen molar-refractivity contribution in [3.05, 3.63) is 176 Å². The number of carbonyl (C=O) groups is 3. The van der Waals surface area contributed by atoms with Gasteiger partial charge in [-0.25, -0.2) is 47.9 Å². The van der Waals surface area contributed by atoms with Crippen molar-refractivity contribution in [2.24, 2.45) is 0 Å². The van der Waals surface area contributed by atoms with Gasteiger partial charge in [0.05, 0.1) is 110 Å². The van der Waals surface area contributed by atoms with Crippen LogP contribution >= 0.6 is 12.4 Å². The number of benzene rings is 3. The van der Waals surface area contributed by atoms with Crippen LogP contribution in [0.2, 0.25) is 0 Å². The minimum Gasteiger partial charge on any atom is -0.410 e. The summed E-state index contributed by atoms with van der Waals surface area (Å²) in [6, 6.07) is 29.9. The van der Waals surface area contributed by atoms with Gasteiger partial charge in [-0.2, -0.15) is 0 Å². The molecule has 13 aromatic rings. The maximum absolute atomic E-state index is 14.0. The number of nitrogens with zero attached hydrogens (tertiary/aromatic N) is 11. The van der Waals surface area contributed by atoms with Gasteiger partial charge >= 0.3 is 6.09 Å². The Bertz CT molecular complexity index is 5280. The highest BCUT2D eigenvalue weighted by Crippen LogP contribution is 2.36. The molecule has 33 heteroatoms. The van der Waals surface area contributed by atoms with Crippen LogP contribution < -0.4 is 15.4 Å². The van der Waals surface area contributed by atoms with Crippen LogP contribution in [0, 0.1) is 17.5 Å². The molecule has 13 heterocycles. The molecule has 0 unspecified atom stereocenters. The average molecular weight is 1740 g/mol. The molecule has 3 fully saturated rings. The van der Waals surface area contributed by atoms with Crippen LogP contribution in [0.3, 0.4) is 0 Å². The summed E-state index contributed by atoms with van der Waals surface area (Å²) < 4.78 is 101. The van der Waals surface area contributed by atoms with Crippen LogP contribution in [-0.4, -0.2) is 251 Å². The van der Waals surface area contributed by atoms with E-state index in [1.165, 1.54) is 30.6 Å². The van der Waals surface area contributed by atoms with E-state index in [2.05, 4.69) is 95.9 Å². The van der Waals surface area contributed by atoms with Crippen molar-refractivity contribution in [2.75, 3.05) is 165 Å². The van der Waals surface area contributed by atoms with E-state index in [4.69, 9.17) is 57.3 Å². The maximum Gasteiger partial charge on any atom is 0.412 e. The van der Waals surface area contributed by atoms with Crippen LogP contribution in [-0.2, 0) is 52.2 Å². The Hall–Kier alpha value is -10.8. The van der Waals surface area contributed by atoms with E-state index in [0.29, 0.717) is 215 Å². The number of ether oxygens (including phenoxy) is 10. The molecule has 125 heavy (non-hydrogen) atoms. The van der Waals surface area contributed by atoms with Crippen LogP contribution in [0.4, 0.5) is 18.0 Å². The summed E-state index contributed by atoms with van der Waals surface area (Å²) in [6.07, 6.45) is 25.8. The SMILES string of the molecule is CCOCCOCCOCCCC(=O)N1CCC[C@H](n2ccc3ccc(-c4c[nH]c5ccc(F)cc45)cc32)C1.CCOCCOCCOCCCC(=O)N1CCC[C@H](n2ccc3cnc(-c4c[nH]c5ncc(F)cc45)nc32)C1.CCOCCOCCOCCNC(=O)Oc1ccccc1.Cl.Fc1cnc2[nH]cc(-c3ncc4ccn([C@H]5CCCNC5)c4n3)c2c1. The number of rotatable bonds is 39. The van der Waals surface area contributed by atoms with Crippen molar-refractivity contribution < 1.29 is 74.9 Å². The van der Waals surface area contributed by atoms with Crippen molar-refractivity contribution >= 4 is 96.3 Å². The van der Waals surface area contributed by atoms with E-state index in [1.54, 1.807) is 55.0 Å². The first kappa shape index (κ1) is 93.4. The lowest BCUT2D eigenvalue weighted by molar-refractivity contribution is -0.134. The molecule has 3 saturated heterocycles. The van der Waals surface area contributed by atoms with Crippen molar-refractivity contribution in [3.8, 4) is 39.7 Å². The topological polar surface area (TPSA) is 314 Å². The lowest BCUT2D eigenvalue weighted by Gasteiger charge is -2.34. The Labute approximate surface area is 730 Å². The zero-order chi connectivity index (χ0) is 86.0. The third kappa shape index (κ3) is 26.7. The summed E-state index contributed by atoms with van der Waals surface area (Å²) in [5, 5.41) is 11.3. The number of aromatic nitrogens is 12. The van der Waals surface area contributed by atoms with Gasteiger partial charge in [-0.3, -0.25) is 9.59 Å². The first-order valence-electron chi connectivity index (χ1n) is 43.2. The Morgan fingerprint density at radius 3 is 1.48 bits per heavy atom. The van der Waals surface area contributed by atoms with Gasteiger partial charge in [-0.15, -0.1) is 12.4 Å². The van der Waals surface area contributed by atoms with Gasteiger partial charge in [0.25, 0.3) is 0 Å². The quantitative estimate of drug-likeness (QED) is 0.0224. The number of halogens is 4. The number of amides is 3. The third-order valence-electron chi connectivity index (χ3n) is 21.7. The van der Waals surface area contributed by atoms with Gasteiger partial charge in [0, 0.05) is 195 Å². The summed E-state index contributed by atoms with van der Waals surface area (Å²) in [4.78, 5) is 77.5. The van der Waals surface area contributed by atoms with Crippen LogP contribution in [0.25, 0.3) is 99.8 Å². The number of para-hydroxylation sites is 1. The molecule has 0 saturated carbocycles. The van der Waals surface area contributed by atoms with Crippen LogP contribution in [0.1, 0.15) is 103 Å². The van der Waals surface area contributed by atoms with Gasteiger partial charge in [0.15, 0.2) is 11.6 Å². The molecule has 3 atom stereocenters. The fraction of sp³-hybridized carbons (Fsp3) is 0.446. The fourth-order valence-corrected chi connectivity index (χ4v) is 15.5. The molecule has 16 rings (SSSR count). The Balaban J connectivity index is 0.000000156. The second kappa shape index (κ2) is 49.2. The number of H-pyrrole nitrogens is 3. The van der Waals surface area contributed by atoms with Crippen molar-refractivity contribution in [2.45, 2.75) is 103 Å². The summed E-state index contributed by atoms with van der Waals surface area (Å²) in [7, 11) is 0. The number of hydrogen-bond acceptors (Lipinski definition) is 20. The molecule has 668 valence electrons. The number of hydrogen-bond donors (Lipinski definition) is 5. The molecule has 3 aliphatic rings. The minimum atomic E-state index is -0.488. The van der Waals surface area contributed by atoms with E-state index in [-0.39, 0.29) is 47.9 Å². The highest BCUT2D eigenvalue weighted by molar-refractivity contribution is 5.98. The molecule has 0 aliphatic carbocycles. The number of piperidine rings is 3. The van der Waals surface area contributed by atoms with Crippen molar-refractivity contribution in [1.29, 1.82) is 0 Å². The van der Waals surface area contributed by atoms with E-state index < -0.39 is 11.9 Å². The second-order valence-electron chi connectivity index (χ2n) is 30.2. The Kier molecular flexibility index (Phi) is 36.8. The molecule has 3 aromatic carbocycles. The van der Waals surface area contributed by atoms with Crippen molar-refractivity contribution in [1.82, 2.24) is 79.0 Å². The van der Waals surface area contributed by atoms with Crippen LogP contribution in [0.15, 0.2) is 159 Å². The minimum absolute atomic E-state index is 0. The lowest BCUT2D eigenvalue weighted by Crippen LogP contribution is -2.40. The summed E-state index contributed by atoms with van der Waals surface area (Å²) >= 11 is 0. The van der Waals surface area contributed by atoms with E-state index in [0.717, 1.165) is 125 Å². The molecular weight excluding hydrogens is 1630 g/mol. The third-order valence-corrected chi connectivity index (χ3v) is 21.7. The number of aromatic amines is 3. The highest BCUT2D eigenvalue weighted by Gasteiger charge is 2.29. The normalized spacial score (nSPS) is 15.3. The molecule has 29 nitrogen and oxygen atoms in total. The van der Waals surface area contributed by atoms with Crippen LogP contribution in [0.5, 0.6) is 5.75 Å². The average Bonchev–Trinajstić information content (AvgIpc) is 1.63. The smallest absolute Gasteiger partial charge is 0.410 e. The molecule has 3 amide bonds. The number of fused-ring (bicyclic) bond motifs is 6. The molecule has 0 spiro atoms. The van der Waals surface area contributed by atoms with Crippen molar-refractivity contribution in [3.63, 3.8) is 0 Å². The standard InChI is InChI=1S/C31H38FN3O4.C28H35FN6O4.C18H17FN6.C15H23NO5.ClH/c1-2-37-15-16-39-18-17-38-14-4-6-31(36)34-12-3-5-26(22-34)35-13-11-23-7-8-24(19-30(23)35)28-21-33-29-10-9-25(32)20-27(28)29;1-2-37-11-12-39-14-13-38-10-4-6-25(36)34-8-3-5-22(19-34)35-9-7-20-16-30-27(33-28(20)35)24-18-32-26-23(24)15-21(29)17-31-26;19-12-6-14-15(10-23-16(14)22-8-12)17-21-7-11-3-5-25(18(11)24-17)13-2-1-4-20-9-13;1-2-18-10-11-20-13-12-19-9-8-16-15(17)21-14-6-4-3-5-7-14;/h7-11,13,19-21,26,33H,2-6,12,14-18,22H2,1H3;7,9,15-18,22H,2-6,8,10-14,19H2,1H3,(H,31,32);3,5-8,10,13,20H,1-2,4,9H2,(H,22,23);3-7H,2,8-13H2,1H3,(H,16,17);1H/t26-;22-;13-;;/m000../s1. The Morgan fingerprint density at radius 1 is 0.464 bits per heavy atom. The van der Waals surface area contributed by atoms with Gasteiger partial charge in [0.1, 0.15) is 45.8 Å². The maximum atomic E-state index is 14.0. The zero-order valence-electron chi connectivity index (χ0n) is 71.3. The summed E-state index contributed by atoms with van der Waals surface area (Å²) in [6.45, 7) is 21.4. The number of carbonyl (C=O) groups excluding carboxylic acids is 3. The summed E-state index contributed by atoms with van der Waals surface area (Å²) in [5.41, 5.74) is 8.47. The Morgan fingerprint density at radius 2 is 0.944 bits per heavy atom. The molecular formula is C92H114ClF3N16O13. The van der Waals surface area contributed by atoms with E-state index in [9.17, 15) is 27.6 Å². The monoisotopic (exact) mass is 1740 g/mol. The van der Waals surface area contributed by atoms with Gasteiger partial charge in [-0.05, 0) is 156 Å². The highest BCUT2D eigenvalue weighted by atomic mass is 35.5. The molecule has 0 bridgehead atoms. The molecule has 10 aromatic heterocycles. The fourth-order valence-electron chi connectivity index (χ4n) is 15.5. The van der Waals surface area contributed by atoms with E-state index >= 15 is 0 Å². The predicted molar refractivity (Wildman–Crippen MR) is 476 cm³/mol. The molecule has 0 radical (unpaired) electrons. The van der Waals surface area contributed by atoms with Gasteiger partial charge in [-0.1, -0.05) is 30.3 Å². The van der Waals surface area contributed by atoms with Gasteiger partial charge < -0.3 is 96.5 Å². The largest absolute Gasteiger partial charge is 0.412 e. The molecule has 3 aliphatic heterocycles. The predicted octanol–water partition coefficient (Wildman–Crippen LogP) is 15.4. The summed E-state index contributed by atoms with van der Waals surface area (Å²) in [5.74, 6) is 0.914.